The van der Waals surface area contributed by atoms with Crippen LogP contribution in [0.1, 0.15) is 44.7 Å². The molecule has 1 atom stereocenters. The van der Waals surface area contributed by atoms with Gasteiger partial charge >= 0.3 is 0 Å². The van der Waals surface area contributed by atoms with Crippen molar-refractivity contribution in [1.29, 1.82) is 0 Å². The first kappa shape index (κ1) is 18.1. The zero-order valence-corrected chi connectivity index (χ0v) is 14.9. The third kappa shape index (κ3) is 5.12. The van der Waals surface area contributed by atoms with Crippen molar-refractivity contribution in [2.75, 3.05) is 5.73 Å². The van der Waals surface area contributed by atoms with E-state index in [0.29, 0.717) is 12.8 Å². The highest BCUT2D eigenvalue weighted by Gasteiger charge is 2.23. The van der Waals surface area contributed by atoms with Gasteiger partial charge in [0.2, 0.25) is 5.91 Å². The second kappa shape index (κ2) is 8.00. The summed E-state index contributed by atoms with van der Waals surface area (Å²) >= 11 is 0. The lowest BCUT2D eigenvalue weighted by Crippen LogP contribution is -2.37. The number of para-hydroxylation sites is 1. The predicted octanol–water partition coefficient (Wildman–Crippen LogP) is 4.07. The fourth-order valence-electron chi connectivity index (χ4n) is 3.18. The summed E-state index contributed by atoms with van der Waals surface area (Å²) in [5, 5.41) is 3.12. The van der Waals surface area contributed by atoms with Gasteiger partial charge in [-0.1, -0.05) is 62.4 Å². The number of nitrogen functional groups attached to an aromatic ring is 1. The second-order valence-electron chi connectivity index (χ2n) is 7.12. The van der Waals surface area contributed by atoms with Crippen molar-refractivity contribution < 1.29 is 4.79 Å². The standard InChI is InChI=1S/C21H28N2O/c1-16(15-21(2,3)18-10-5-4-6-11-18)23-20(24)14-13-17-9-7-8-12-19(17)22/h4-12,16H,13-15,22H2,1-3H3,(H,23,24). The van der Waals surface area contributed by atoms with E-state index in [1.54, 1.807) is 0 Å². The van der Waals surface area contributed by atoms with Crippen molar-refractivity contribution in [3.63, 3.8) is 0 Å². The van der Waals surface area contributed by atoms with Crippen LogP contribution in [-0.4, -0.2) is 11.9 Å². The van der Waals surface area contributed by atoms with Crippen LogP contribution in [0.15, 0.2) is 54.6 Å². The fourth-order valence-corrected chi connectivity index (χ4v) is 3.18. The Labute approximate surface area is 145 Å². The number of anilines is 1. The van der Waals surface area contributed by atoms with Crippen molar-refractivity contribution in [3.05, 3.63) is 65.7 Å². The number of benzene rings is 2. The van der Waals surface area contributed by atoms with Crippen LogP contribution in [0, 0.1) is 0 Å². The van der Waals surface area contributed by atoms with Crippen LogP contribution in [-0.2, 0) is 16.6 Å². The van der Waals surface area contributed by atoms with Gasteiger partial charge in [-0.15, -0.1) is 0 Å². The molecule has 0 saturated carbocycles. The van der Waals surface area contributed by atoms with Crippen LogP contribution < -0.4 is 11.1 Å². The van der Waals surface area contributed by atoms with Crippen LogP contribution in [0.4, 0.5) is 5.69 Å². The van der Waals surface area contributed by atoms with E-state index in [2.05, 4.69) is 50.4 Å². The summed E-state index contributed by atoms with van der Waals surface area (Å²) in [6.07, 6.45) is 2.04. The van der Waals surface area contributed by atoms with Crippen molar-refractivity contribution in [3.8, 4) is 0 Å². The van der Waals surface area contributed by atoms with Gasteiger partial charge in [0.05, 0.1) is 0 Å². The Bertz CT molecular complexity index is 665. The number of hydrogen-bond acceptors (Lipinski definition) is 2. The summed E-state index contributed by atoms with van der Waals surface area (Å²) < 4.78 is 0. The van der Waals surface area contributed by atoms with Gasteiger partial charge in [-0.05, 0) is 42.4 Å². The third-order valence-electron chi connectivity index (χ3n) is 4.46. The lowest BCUT2D eigenvalue weighted by molar-refractivity contribution is -0.121. The molecule has 0 bridgehead atoms. The van der Waals surface area contributed by atoms with E-state index in [0.717, 1.165) is 17.7 Å². The number of carbonyl (C=O) groups excluding carboxylic acids is 1. The lowest BCUT2D eigenvalue weighted by atomic mass is 9.79. The van der Waals surface area contributed by atoms with Crippen molar-refractivity contribution in [2.45, 2.75) is 51.5 Å². The second-order valence-corrected chi connectivity index (χ2v) is 7.12. The number of carbonyl (C=O) groups is 1. The molecule has 1 unspecified atom stereocenters. The monoisotopic (exact) mass is 324 g/mol. The maximum Gasteiger partial charge on any atom is 0.220 e. The molecule has 2 rings (SSSR count). The number of nitrogens with two attached hydrogens (primary N) is 1. The van der Waals surface area contributed by atoms with Crippen LogP contribution in [0.2, 0.25) is 0 Å². The molecule has 3 N–H and O–H groups in total. The quantitative estimate of drug-likeness (QED) is 0.754. The normalized spacial score (nSPS) is 12.6. The maximum atomic E-state index is 12.2. The number of amides is 1. The van der Waals surface area contributed by atoms with Gasteiger partial charge in [-0.2, -0.15) is 0 Å². The van der Waals surface area contributed by atoms with E-state index in [1.165, 1.54) is 5.56 Å². The fraction of sp³-hybridized carbons (Fsp3) is 0.381. The van der Waals surface area contributed by atoms with E-state index >= 15 is 0 Å². The Kier molecular flexibility index (Phi) is 6.02. The zero-order valence-electron chi connectivity index (χ0n) is 14.9. The molecule has 0 saturated heterocycles. The summed E-state index contributed by atoms with van der Waals surface area (Å²) in [5.74, 6) is 0.0783. The molecule has 2 aromatic rings. The van der Waals surface area contributed by atoms with E-state index in [4.69, 9.17) is 5.73 Å². The molecule has 0 aromatic heterocycles. The van der Waals surface area contributed by atoms with Crippen molar-refractivity contribution in [2.24, 2.45) is 0 Å². The van der Waals surface area contributed by atoms with Gasteiger partial charge in [0.15, 0.2) is 0 Å². The molecule has 0 spiro atoms. The molecule has 0 aliphatic rings. The largest absolute Gasteiger partial charge is 0.399 e. The molecule has 3 heteroatoms. The Morgan fingerprint density at radius 3 is 2.38 bits per heavy atom. The lowest BCUT2D eigenvalue weighted by Gasteiger charge is -2.29. The number of rotatable bonds is 7. The first-order valence-corrected chi connectivity index (χ1v) is 8.57. The molecule has 0 radical (unpaired) electrons. The highest BCUT2D eigenvalue weighted by molar-refractivity contribution is 5.76. The Hall–Kier alpha value is -2.29. The van der Waals surface area contributed by atoms with Gasteiger partial charge in [-0.25, -0.2) is 0 Å². The van der Waals surface area contributed by atoms with Crippen LogP contribution >= 0.6 is 0 Å². The molecule has 128 valence electrons. The minimum atomic E-state index is 0.0256. The van der Waals surface area contributed by atoms with Gasteiger partial charge in [0.1, 0.15) is 0 Å². The molecule has 0 fully saturated rings. The topological polar surface area (TPSA) is 55.1 Å². The molecule has 1 amide bonds. The summed E-state index contributed by atoms with van der Waals surface area (Å²) in [5.41, 5.74) is 9.03. The summed E-state index contributed by atoms with van der Waals surface area (Å²) in [6, 6.07) is 18.3. The maximum absolute atomic E-state index is 12.2. The van der Waals surface area contributed by atoms with E-state index in [9.17, 15) is 4.79 Å². The van der Waals surface area contributed by atoms with Gasteiger partial charge in [-0.3, -0.25) is 4.79 Å². The average molecular weight is 324 g/mol. The SMILES string of the molecule is CC(CC(C)(C)c1ccccc1)NC(=O)CCc1ccccc1N. The first-order chi connectivity index (χ1) is 11.4. The molecule has 24 heavy (non-hydrogen) atoms. The average Bonchev–Trinajstić information content (AvgIpc) is 2.54. The minimum absolute atomic E-state index is 0.0256. The van der Waals surface area contributed by atoms with E-state index < -0.39 is 0 Å². The van der Waals surface area contributed by atoms with E-state index in [-0.39, 0.29) is 17.4 Å². The molecule has 3 nitrogen and oxygen atoms in total. The van der Waals surface area contributed by atoms with Crippen LogP contribution in [0.25, 0.3) is 0 Å². The molecule has 0 aliphatic carbocycles. The van der Waals surface area contributed by atoms with Gasteiger partial charge in [0.25, 0.3) is 0 Å². The van der Waals surface area contributed by atoms with Gasteiger partial charge < -0.3 is 11.1 Å². The van der Waals surface area contributed by atoms with Crippen molar-refractivity contribution in [1.82, 2.24) is 5.32 Å². The number of nitrogens with one attached hydrogen (secondary N) is 1. The highest BCUT2D eigenvalue weighted by Crippen LogP contribution is 2.28. The van der Waals surface area contributed by atoms with E-state index in [1.807, 2.05) is 30.3 Å². The van der Waals surface area contributed by atoms with Crippen LogP contribution in [0.5, 0.6) is 0 Å². The molecule has 0 heterocycles. The Morgan fingerprint density at radius 1 is 1.08 bits per heavy atom. The Balaban J connectivity index is 1.84. The predicted molar refractivity (Wildman–Crippen MR) is 101 cm³/mol. The minimum Gasteiger partial charge on any atom is -0.399 e. The number of hydrogen-bond donors (Lipinski definition) is 2. The molecule has 2 aromatic carbocycles. The molecular formula is C21H28N2O. The molecule has 0 aliphatic heterocycles. The number of aryl methyl sites for hydroxylation is 1. The molecular weight excluding hydrogens is 296 g/mol. The zero-order chi connectivity index (χ0) is 17.6. The summed E-state index contributed by atoms with van der Waals surface area (Å²) in [7, 11) is 0. The Morgan fingerprint density at radius 2 is 1.71 bits per heavy atom. The summed E-state index contributed by atoms with van der Waals surface area (Å²) in [6.45, 7) is 6.50. The van der Waals surface area contributed by atoms with Crippen LogP contribution in [0.3, 0.4) is 0 Å². The highest BCUT2D eigenvalue weighted by atomic mass is 16.1. The summed E-state index contributed by atoms with van der Waals surface area (Å²) in [4.78, 5) is 12.2. The van der Waals surface area contributed by atoms with Gasteiger partial charge in [0, 0.05) is 18.2 Å². The smallest absolute Gasteiger partial charge is 0.220 e. The van der Waals surface area contributed by atoms with Crippen molar-refractivity contribution >= 4 is 11.6 Å². The third-order valence-corrected chi connectivity index (χ3v) is 4.46. The first-order valence-electron chi connectivity index (χ1n) is 8.57.